The highest BCUT2D eigenvalue weighted by molar-refractivity contribution is 5.99. The molecule has 4 rings (SSSR count). The Labute approximate surface area is 166 Å². The van der Waals surface area contributed by atoms with Gasteiger partial charge in [0.05, 0.1) is 5.60 Å². The summed E-state index contributed by atoms with van der Waals surface area (Å²) < 4.78 is 0. The first kappa shape index (κ1) is 18.8. The number of rotatable bonds is 4. The number of hydrogen-bond acceptors (Lipinski definition) is 2. The Morgan fingerprint density at radius 3 is 2.46 bits per heavy atom. The van der Waals surface area contributed by atoms with E-state index in [1.165, 1.54) is 5.56 Å². The predicted octanol–water partition coefficient (Wildman–Crippen LogP) is 4.85. The van der Waals surface area contributed by atoms with Crippen LogP contribution in [0, 0.1) is 5.92 Å². The summed E-state index contributed by atoms with van der Waals surface area (Å²) >= 11 is 0. The van der Waals surface area contributed by atoms with Gasteiger partial charge in [0.25, 0.3) is 5.91 Å². The van der Waals surface area contributed by atoms with Gasteiger partial charge in [-0.25, -0.2) is 0 Å². The van der Waals surface area contributed by atoms with Crippen molar-refractivity contribution < 1.29 is 9.90 Å². The van der Waals surface area contributed by atoms with Gasteiger partial charge in [0.1, 0.15) is 5.69 Å². The van der Waals surface area contributed by atoms with Gasteiger partial charge in [-0.2, -0.15) is 0 Å². The molecular formula is C24H28N2O2. The highest BCUT2D eigenvalue weighted by Crippen LogP contribution is 2.28. The third kappa shape index (κ3) is 4.12. The van der Waals surface area contributed by atoms with Crippen LogP contribution in [0.4, 0.5) is 0 Å². The fourth-order valence-electron chi connectivity index (χ4n) is 4.27. The van der Waals surface area contributed by atoms with Crippen LogP contribution in [0.15, 0.2) is 54.6 Å². The number of fused-ring (bicyclic) bond motifs is 1. The number of H-pyrrole nitrogens is 1. The number of carbonyl (C=O) groups is 1. The van der Waals surface area contributed by atoms with Crippen LogP contribution in [0.5, 0.6) is 0 Å². The van der Waals surface area contributed by atoms with Crippen molar-refractivity contribution in [1.29, 1.82) is 0 Å². The van der Waals surface area contributed by atoms with Gasteiger partial charge < -0.3 is 15.0 Å². The van der Waals surface area contributed by atoms with Crippen molar-refractivity contribution in [3.05, 3.63) is 60.3 Å². The van der Waals surface area contributed by atoms with Crippen LogP contribution < -0.4 is 0 Å². The number of benzene rings is 2. The Morgan fingerprint density at radius 1 is 1.07 bits per heavy atom. The normalized spacial score (nSPS) is 15.9. The van der Waals surface area contributed by atoms with Gasteiger partial charge >= 0.3 is 0 Å². The third-order valence-corrected chi connectivity index (χ3v) is 5.65. The number of piperidine rings is 1. The zero-order valence-corrected chi connectivity index (χ0v) is 16.6. The molecule has 4 heteroatoms. The summed E-state index contributed by atoms with van der Waals surface area (Å²) in [7, 11) is 0. The van der Waals surface area contributed by atoms with Gasteiger partial charge in [-0.15, -0.1) is 0 Å². The highest BCUT2D eigenvalue weighted by Gasteiger charge is 2.28. The number of aromatic nitrogens is 1. The number of carbonyl (C=O) groups excluding carboxylic acids is 1. The first-order valence-corrected chi connectivity index (χ1v) is 10.1. The van der Waals surface area contributed by atoms with Crippen molar-refractivity contribution in [3.8, 4) is 11.1 Å². The van der Waals surface area contributed by atoms with Crippen LogP contribution in [0.25, 0.3) is 22.0 Å². The molecule has 0 aliphatic carbocycles. The fraction of sp³-hybridized carbons (Fsp3) is 0.375. The lowest BCUT2D eigenvalue weighted by atomic mass is 9.86. The molecular weight excluding hydrogens is 348 g/mol. The van der Waals surface area contributed by atoms with E-state index < -0.39 is 5.60 Å². The fourth-order valence-corrected chi connectivity index (χ4v) is 4.27. The lowest BCUT2D eigenvalue weighted by molar-refractivity contribution is 0.0357. The maximum atomic E-state index is 13.0. The quantitative estimate of drug-likeness (QED) is 0.684. The highest BCUT2D eigenvalue weighted by atomic mass is 16.3. The Morgan fingerprint density at radius 2 is 1.79 bits per heavy atom. The molecule has 2 aromatic carbocycles. The largest absolute Gasteiger partial charge is 0.390 e. The molecule has 1 fully saturated rings. The molecule has 3 aromatic rings. The van der Waals surface area contributed by atoms with Crippen LogP contribution in [-0.4, -0.2) is 39.6 Å². The van der Waals surface area contributed by atoms with E-state index in [2.05, 4.69) is 29.2 Å². The maximum Gasteiger partial charge on any atom is 0.270 e. The molecule has 1 aliphatic heterocycles. The van der Waals surface area contributed by atoms with Crippen LogP contribution >= 0.6 is 0 Å². The summed E-state index contributed by atoms with van der Waals surface area (Å²) in [6.07, 6.45) is 2.70. The molecule has 0 saturated carbocycles. The van der Waals surface area contributed by atoms with Crippen molar-refractivity contribution >= 4 is 16.8 Å². The Bertz CT molecular complexity index is 961. The number of nitrogens with one attached hydrogen (secondary N) is 1. The third-order valence-electron chi connectivity index (χ3n) is 5.65. The van der Waals surface area contributed by atoms with Gasteiger partial charge in [-0.3, -0.25) is 4.79 Å². The van der Waals surface area contributed by atoms with E-state index in [4.69, 9.17) is 0 Å². The van der Waals surface area contributed by atoms with Crippen LogP contribution in [-0.2, 0) is 0 Å². The zero-order valence-electron chi connectivity index (χ0n) is 16.6. The van der Waals surface area contributed by atoms with E-state index in [1.54, 1.807) is 0 Å². The molecule has 0 unspecified atom stereocenters. The lowest BCUT2D eigenvalue weighted by Gasteiger charge is -2.34. The van der Waals surface area contributed by atoms with Crippen molar-refractivity contribution in [2.75, 3.05) is 13.1 Å². The molecule has 0 atom stereocenters. The molecule has 2 N–H and O–H groups in total. The zero-order chi connectivity index (χ0) is 19.7. The van der Waals surface area contributed by atoms with Crippen LogP contribution in [0.2, 0.25) is 0 Å². The van der Waals surface area contributed by atoms with E-state index in [0.717, 1.165) is 48.8 Å². The number of nitrogens with zero attached hydrogens (tertiary/aromatic N) is 1. The van der Waals surface area contributed by atoms with Gasteiger partial charge in [0, 0.05) is 24.0 Å². The Balaban J connectivity index is 1.48. The van der Waals surface area contributed by atoms with Crippen LogP contribution in [0.1, 0.15) is 43.6 Å². The summed E-state index contributed by atoms with van der Waals surface area (Å²) in [6, 6.07) is 18.5. The molecule has 1 aromatic heterocycles. The molecule has 1 aliphatic rings. The molecule has 1 saturated heterocycles. The Kier molecular flexibility index (Phi) is 4.98. The average Bonchev–Trinajstić information content (AvgIpc) is 3.11. The molecule has 1 amide bonds. The standard InChI is InChI=1S/C24H28N2O2/c1-24(2,28)16-17-10-12-26(13-11-17)23(27)22-15-20-14-19(8-9-21(20)25-22)18-6-4-3-5-7-18/h3-9,14-15,17,25,28H,10-13,16H2,1-2H3. The molecule has 0 radical (unpaired) electrons. The molecule has 4 nitrogen and oxygen atoms in total. The Hall–Kier alpha value is -2.59. The minimum absolute atomic E-state index is 0.0687. The smallest absolute Gasteiger partial charge is 0.270 e. The second kappa shape index (κ2) is 7.44. The van der Waals surface area contributed by atoms with Gasteiger partial charge in [0.2, 0.25) is 0 Å². The SMILES string of the molecule is CC(C)(O)CC1CCN(C(=O)c2cc3cc(-c4ccccc4)ccc3[nH]2)CC1. The molecule has 28 heavy (non-hydrogen) atoms. The summed E-state index contributed by atoms with van der Waals surface area (Å²) in [5, 5.41) is 11.1. The van der Waals surface area contributed by atoms with E-state index in [0.29, 0.717) is 11.6 Å². The minimum atomic E-state index is -0.634. The van der Waals surface area contributed by atoms with Crippen molar-refractivity contribution in [2.24, 2.45) is 5.92 Å². The summed E-state index contributed by atoms with van der Waals surface area (Å²) in [4.78, 5) is 18.2. The van der Waals surface area contributed by atoms with Gasteiger partial charge in [-0.05, 0) is 68.4 Å². The maximum absolute atomic E-state index is 13.0. The topological polar surface area (TPSA) is 56.3 Å². The van der Waals surface area contributed by atoms with Crippen LogP contribution in [0.3, 0.4) is 0 Å². The number of likely N-dealkylation sites (tertiary alicyclic amines) is 1. The lowest BCUT2D eigenvalue weighted by Crippen LogP contribution is -2.40. The molecule has 146 valence electrons. The van der Waals surface area contributed by atoms with Gasteiger partial charge in [-0.1, -0.05) is 36.4 Å². The number of aromatic amines is 1. The molecule has 0 spiro atoms. The summed E-state index contributed by atoms with van der Waals surface area (Å²) in [5.41, 5.74) is 3.33. The van der Waals surface area contributed by atoms with E-state index in [1.807, 2.05) is 49.1 Å². The summed E-state index contributed by atoms with van der Waals surface area (Å²) in [5.74, 6) is 0.555. The number of amides is 1. The molecule has 2 heterocycles. The average molecular weight is 377 g/mol. The van der Waals surface area contributed by atoms with E-state index >= 15 is 0 Å². The van der Waals surface area contributed by atoms with Crippen molar-refractivity contribution in [1.82, 2.24) is 9.88 Å². The number of aliphatic hydroxyl groups is 1. The van der Waals surface area contributed by atoms with E-state index in [9.17, 15) is 9.90 Å². The number of hydrogen-bond donors (Lipinski definition) is 2. The monoisotopic (exact) mass is 376 g/mol. The second-order valence-corrected chi connectivity index (χ2v) is 8.60. The van der Waals surface area contributed by atoms with Gasteiger partial charge in [0.15, 0.2) is 0 Å². The molecule has 0 bridgehead atoms. The first-order chi connectivity index (χ1) is 13.4. The van der Waals surface area contributed by atoms with E-state index in [-0.39, 0.29) is 5.91 Å². The predicted molar refractivity (Wildman–Crippen MR) is 113 cm³/mol. The second-order valence-electron chi connectivity index (χ2n) is 8.60. The van der Waals surface area contributed by atoms with Crippen molar-refractivity contribution in [3.63, 3.8) is 0 Å². The minimum Gasteiger partial charge on any atom is -0.390 e. The van der Waals surface area contributed by atoms with Crippen molar-refractivity contribution in [2.45, 2.75) is 38.7 Å². The first-order valence-electron chi connectivity index (χ1n) is 10.1. The summed E-state index contributed by atoms with van der Waals surface area (Å²) in [6.45, 7) is 5.23.